The number of aliphatic hydroxyl groups excluding tert-OH is 2. The second-order valence-electron chi connectivity index (χ2n) is 11.3. The number of carbonyl (C=O) groups excluding carboxylic acids is 1. The summed E-state index contributed by atoms with van der Waals surface area (Å²) < 4.78 is 19.3. The van der Waals surface area contributed by atoms with Gasteiger partial charge in [-0.15, -0.1) is 0 Å². The molecule has 4 nitrogen and oxygen atoms in total. The Kier molecular flexibility index (Phi) is 5.85. The SMILES string of the molecule is COC(=O)CC[C@@H](C)[C@H]1CC[C@H]2[C@@H]3[C@H](O)C[C@@H]4C[C@H](O)C(F)=C[C@]4(C)[C@H]3CC[C@]12C. The summed E-state index contributed by atoms with van der Waals surface area (Å²) in [7, 11) is 1.45. The van der Waals surface area contributed by atoms with Crippen LogP contribution in [0.5, 0.6) is 0 Å². The molecule has 170 valence electrons. The molecule has 10 atom stereocenters. The van der Waals surface area contributed by atoms with Crippen molar-refractivity contribution in [1.29, 1.82) is 0 Å². The summed E-state index contributed by atoms with van der Waals surface area (Å²) in [6.45, 7) is 6.84. The summed E-state index contributed by atoms with van der Waals surface area (Å²) in [6.07, 6.45) is 7.08. The van der Waals surface area contributed by atoms with E-state index >= 15 is 0 Å². The average Bonchev–Trinajstić information content (AvgIpc) is 3.05. The third-order valence-electron chi connectivity index (χ3n) is 10.0. The predicted molar refractivity (Wildman–Crippen MR) is 113 cm³/mol. The molecule has 0 heterocycles. The molecule has 4 rings (SSSR count). The minimum absolute atomic E-state index is 0.139. The summed E-state index contributed by atoms with van der Waals surface area (Å²) in [6, 6.07) is 0. The zero-order valence-electron chi connectivity index (χ0n) is 18.9. The van der Waals surface area contributed by atoms with E-state index in [-0.39, 0.29) is 46.5 Å². The Labute approximate surface area is 180 Å². The Balaban J connectivity index is 1.57. The van der Waals surface area contributed by atoms with Crippen LogP contribution in [-0.2, 0) is 9.53 Å². The fraction of sp³-hybridized carbons (Fsp3) is 0.880. The summed E-state index contributed by atoms with van der Waals surface area (Å²) >= 11 is 0. The van der Waals surface area contributed by atoms with Crippen molar-refractivity contribution in [3.8, 4) is 0 Å². The third-order valence-corrected chi connectivity index (χ3v) is 10.0. The number of hydrogen-bond acceptors (Lipinski definition) is 4. The van der Waals surface area contributed by atoms with Gasteiger partial charge >= 0.3 is 5.97 Å². The smallest absolute Gasteiger partial charge is 0.305 e. The van der Waals surface area contributed by atoms with Gasteiger partial charge in [0.15, 0.2) is 0 Å². The van der Waals surface area contributed by atoms with Gasteiger partial charge in [-0.2, -0.15) is 0 Å². The van der Waals surface area contributed by atoms with Crippen molar-refractivity contribution in [1.82, 2.24) is 0 Å². The summed E-state index contributed by atoms with van der Waals surface area (Å²) in [4.78, 5) is 11.6. The molecule has 0 aliphatic heterocycles. The highest BCUT2D eigenvalue weighted by molar-refractivity contribution is 5.69. The van der Waals surface area contributed by atoms with Gasteiger partial charge in [0.05, 0.1) is 13.2 Å². The number of carbonyl (C=O) groups is 1. The van der Waals surface area contributed by atoms with Gasteiger partial charge in [-0.05, 0) is 97.4 Å². The minimum Gasteiger partial charge on any atom is -0.469 e. The van der Waals surface area contributed by atoms with E-state index in [0.29, 0.717) is 37.0 Å². The second-order valence-corrected chi connectivity index (χ2v) is 11.3. The van der Waals surface area contributed by atoms with Crippen molar-refractivity contribution in [2.45, 2.75) is 84.3 Å². The highest BCUT2D eigenvalue weighted by Crippen LogP contribution is 2.68. The van der Waals surface area contributed by atoms with Crippen molar-refractivity contribution >= 4 is 5.97 Å². The van der Waals surface area contributed by atoms with Gasteiger partial charge in [-0.3, -0.25) is 4.79 Å². The molecule has 0 aromatic heterocycles. The Morgan fingerprint density at radius 3 is 2.67 bits per heavy atom. The first-order valence-corrected chi connectivity index (χ1v) is 11.9. The minimum atomic E-state index is -1.01. The molecule has 4 aliphatic carbocycles. The third kappa shape index (κ3) is 3.35. The van der Waals surface area contributed by atoms with Gasteiger partial charge < -0.3 is 14.9 Å². The normalized spacial score (nSPS) is 48.8. The maximum Gasteiger partial charge on any atom is 0.305 e. The maximum absolute atomic E-state index is 14.5. The fourth-order valence-corrected chi connectivity index (χ4v) is 8.44. The molecule has 3 fully saturated rings. The lowest BCUT2D eigenvalue weighted by molar-refractivity contribution is -0.149. The van der Waals surface area contributed by atoms with Crippen LogP contribution in [0.2, 0.25) is 0 Å². The van der Waals surface area contributed by atoms with E-state index in [1.54, 1.807) is 6.08 Å². The Hall–Kier alpha value is -0.940. The van der Waals surface area contributed by atoms with Crippen LogP contribution in [0.4, 0.5) is 4.39 Å². The molecule has 2 N–H and O–H groups in total. The van der Waals surface area contributed by atoms with Gasteiger partial charge in [0, 0.05) is 6.42 Å². The standard InChI is InChI=1S/C25H39FO4/c1-14(5-8-22(29)30-4)16-6-7-17-23-18(9-10-24(16,17)2)25(3)13-19(26)20(27)11-15(25)12-21(23)28/h13-18,20-21,23,27-28H,5-12H2,1-4H3/t14-,15+,16-,17+,18+,20+,21-,23+,24-,25+/m1/s1. The summed E-state index contributed by atoms with van der Waals surface area (Å²) in [5.74, 6) is 1.53. The van der Waals surface area contributed by atoms with E-state index in [9.17, 15) is 19.4 Å². The van der Waals surface area contributed by atoms with Crippen molar-refractivity contribution < 1.29 is 24.1 Å². The molecule has 0 unspecified atom stereocenters. The molecule has 0 aromatic carbocycles. The van der Waals surface area contributed by atoms with Crippen LogP contribution in [0.3, 0.4) is 0 Å². The average molecular weight is 423 g/mol. The van der Waals surface area contributed by atoms with E-state index in [0.717, 1.165) is 32.1 Å². The first-order valence-electron chi connectivity index (χ1n) is 11.9. The number of halogens is 1. The molecule has 0 bridgehead atoms. The molecular weight excluding hydrogens is 383 g/mol. The molecule has 30 heavy (non-hydrogen) atoms. The summed E-state index contributed by atoms with van der Waals surface area (Å²) in [5, 5.41) is 21.3. The van der Waals surface area contributed by atoms with E-state index in [1.165, 1.54) is 7.11 Å². The second kappa shape index (κ2) is 7.88. The number of ether oxygens (including phenoxy) is 1. The maximum atomic E-state index is 14.5. The van der Waals surface area contributed by atoms with Crippen molar-refractivity contribution in [3.63, 3.8) is 0 Å². The van der Waals surface area contributed by atoms with Crippen LogP contribution in [0.1, 0.15) is 72.1 Å². The molecular formula is C25H39FO4. The number of fused-ring (bicyclic) bond motifs is 5. The number of aliphatic hydroxyl groups is 2. The monoisotopic (exact) mass is 422 g/mol. The molecule has 3 saturated carbocycles. The first kappa shape index (κ1) is 22.3. The first-order chi connectivity index (χ1) is 14.1. The van der Waals surface area contributed by atoms with Crippen LogP contribution in [0.25, 0.3) is 0 Å². The zero-order chi connectivity index (χ0) is 21.8. The van der Waals surface area contributed by atoms with E-state index in [1.807, 2.05) is 0 Å². The van der Waals surface area contributed by atoms with Gasteiger partial charge in [-0.1, -0.05) is 20.8 Å². The van der Waals surface area contributed by atoms with Crippen LogP contribution in [0.15, 0.2) is 11.9 Å². The van der Waals surface area contributed by atoms with E-state index in [2.05, 4.69) is 20.8 Å². The number of allylic oxidation sites excluding steroid dienone is 1. The Bertz CT molecular complexity index is 707. The number of esters is 1. The number of hydrogen-bond donors (Lipinski definition) is 2. The van der Waals surface area contributed by atoms with Gasteiger partial charge in [0.1, 0.15) is 11.9 Å². The largest absolute Gasteiger partial charge is 0.469 e. The van der Waals surface area contributed by atoms with Gasteiger partial charge in [0.2, 0.25) is 0 Å². The highest BCUT2D eigenvalue weighted by Gasteiger charge is 2.62. The lowest BCUT2D eigenvalue weighted by Gasteiger charge is -2.61. The molecule has 0 radical (unpaired) electrons. The molecule has 5 heteroatoms. The quantitative estimate of drug-likeness (QED) is 0.648. The summed E-state index contributed by atoms with van der Waals surface area (Å²) in [5.41, 5.74) is -0.111. The van der Waals surface area contributed by atoms with Crippen molar-refractivity contribution in [3.05, 3.63) is 11.9 Å². The van der Waals surface area contributed by atoms with E-state index in [4.69, 9.17) is 4.74 Å². The zero-order valence-corrected chi connectivity index (χ0v) is 18.9. The van der Waals surface area contributed by atoms with Gasteiger partial charge in [-0.25, -0.2) is 4.39 Å². The van der Waals surface area contributed by atoms with Crippen molar-refractivity contribution in [2.75, 3.05) is 7.11 Å². The van der Waals surface area contributed by atoms with E-state index < -0.39 is 6.10 Å². The van der Waals surface area contributed by atoms with Crippen molar-refractivity contribution in [2.24, 2.45) is 46.3 Å². The number of methoxy groups -OCH3 is 1. The molecule has 0 saturated heterocycles. The topological polar surface area (TPSA) is 66.8 Å². The highest BCUT2D eigenvalue weighted by atomic mass is 19.1. The lowest BCUT2D eigenvalue weighted by Crippen LogP contribution is -2.58. The molecule has 4 aliphatic rings. The van der Waals surface area contributed by atoms with Crippen LogP contribution >= 0.6 is 0 Å². The number of rotatable bonds is 4. The predicted octanol–water partition coefficient (Wildman–Crippen LogP) is 4.64. The Morgan fingerprint density at radius 1 is 1.23 bits per heavy atom. The van der Waals surface area contributed by atoms with Crippen LogP contribution in [-0.4, -0.2) is 35.5 Å². The van der Waals surface area contributed by atoms with Crippen LogP contribution < -0.4 is 0 Å². The lowest BCUT2D eigenvalue weighted by atomic mass is 9.44. The van der Waals surface area contributed by atoms with Crippen LogP contribution in [0, 0.1) is 46.3 Å². The van der Waals surface area contributed by atoms with Gasteiger partial charge in [0.25, 0.3) is 0 Å². The molecule has 0 aromatic rings. The molecule has 0 amide bonds. The Morgan fingerprint density at radius 2 is 1.97 bits per heavy atom. The molecule has 0 spiro atoms. The fourth-order valence-electron chi connectivity index (χ4n) is 8.44.